The van der Waals surface area contributed by atoms with Crippen molar-refractivity contribution in [3.8, 4) is 6.07 Å². The van der Waals surface area contributed by atoms with Gasteiger partial charge >= 0.3 is 0 Å². The topological polar surface area (TPSA) is 90.7 Å². The SMILES string of the molecule is CC(C)(C)Nc1cnc(C(=O)Nc2ccc(C#N)cc2)cn1. The van der Waals surface area contributed by atoms with Crippen molar-refractivity contribution in [2.75, 3.05) is 10.6 Å². The molecule has 2 aromatic rings. The molecule has 1 amide bonds. The third-order valence-corrected chi connectivity index (χ3v) is 2.66. The molecule has 22 heavy (non-hydrogen) atoms. The van der Waals surface area contributed by atoms with Crippen LogP contribution in [0.3, 0.4) is 0 Å². The van der Waals surface area contributed by atoms with E-state index in [-0.39, 0.29) is 17.1 Å². The fraction of sp³-hybridized carbons (Fsp3) is 0.250. The number of amides is 1. The summed E-state index contributed by atoms with van der Waals surface area (Å²) < 4.78 is 0. The summed E-state index contributed by atoms with van der Waals surface area (Å²) in [6.45, 7) is 6.04. The van der Waals surface area contributed by atoms with E-state index in [4.69, 9.17) is 5.26 Å². The Morgan fingerprint density at radius 1 is 1.14 bits per heavy atom. The monoisotopic (exact) mass is 295 g/mol. The number of nitrogens with zero attached hydrogens (tertiary/aromatic N) is 3. The molecule has 1 heterocycles. The first kappa shape index (κ1) is 15.4. The Bertz CT molecular complexity index is 693. The maximum atomic E-state index is 12.1. The fourth-order valence-electron chi connectivity index (χ4n) is 1.72. The summed E-state index contributed by atoms with van der Waals surface area (Å²) in [6.07, 6.45) is 2.95. The van der Waals surface area contributed by atoms with Crippen LogP contribution in [-0.4, -0.2) is 21.4 Å². The minimum absolute atomic E-state index is 0.124. The predicted octanol–water partition coefficient (Wildman–Crippen LogP) is 2.81. The van der Waals surface area contributed by atoms with Crippen LogP contribution in [0, 0.1) is 11.3 Å². The van der Waals surface area contributed by atoms with Crippen molar-refractivity contribution in [1.82, 2.24) is 9.97 Å². The van der Waals surface area contributed by atoms with Gasteiger partial charge in [0.2, 0.25) is 0 Å². The molecule has 0 aliphatic rings. The molecule has 0 atom stereocenters. The first-order valence-electron chi connectivity index (χ1n) is 6.79. The fourth-order valence-corrected chi connectivity index (χ4v) is 1.72. The van der Waals surface area contributed by atoms with Crippen LogP contribution in [-0.2, 0) is 0 Å². The van der Waals surface area contributed by atoms with Gasteiger partial charge in [0.25, 0.3) is 5.91 Å². The molecule has 1 aromatic carbocycles. The lowest BCUT2D eigenvalue weighted by atomic mass is 10.1. The van der Waals surface area contributed by atoms with E-state index < -0.39 is 0 Å². The summed E-state index contributed by atoms with van der Waals surface area (Å²) in [4.78, 5) is 20.3. The molecule has 0 aliphatic carbocycles. The summed E-state index contributed by atoms with van der Waals surface area (Å²) in [6, 6.07) is 8.63. The first-order valence-corrected chi connectivity index (χ1v) is 6.79. The Morgan fingerprint density at radius 2 is 1.82 bits per heavy atom. The summed E-state index contributed by atoms with van der Waals surface area (Å²) in [5.74, 6) is 0.266. The molecule has 0 saturated carbocycles. The van der Waals surface area contributed by atoms with Crippen LogP contribution >= 0.6 is 0 Å². The predicted molar refractivity (Wildman–Crippen MR) is 84.5 cm³/mol. The standard InChI is InChI=1S/C16H17N5O/c1-16(2,3)21-14-10-18-13(9-19-14)15(22)20-12-6-4-11(8-17)5-7-12/h4-7,9-10H,1-3H3,(H,19,21)(H,20,22). The lowest BCUT2D eigenvalue weighted by Gasteiger charge is -2.20. The number of hydrogen-bond donors (Lipinski definition) is 2. The van der Waals surface area contributed by atoms with Crippen molar-refractivity contribution < 1.29 is 4.79 Å². The van der Waals surface area contributed by atoms with Gasteiger partial charge in [-0.3, -0.25) is 4.79 Å². The number of benzene rings is 1. The number of nitriles is 1. The van der Waals surface area contributed by atoms with Crippen LogP contribution in [0.5, 0.6) is 0 Å². The van der Waals surface area contributed by atoms with Gasteiger partial charge in [-0.1, -0.05) is 0 Å². The van der Waals surface area contributed by atoms with E-state index in [0.29, 0.717) is 17.1 Å². The number of carbonyl (C=O) groups is 1. The van der Waals surface area contributed by atoms with E-state index >= 15 is 0 Å². The Labute approximate surface area is 129 Å². The average molecular weight is 295 g/mol. The second-order valence-electron chi connectivity index (χ2n) is 5.81. The smallest absolute Gasteiger partial charge is 0.275 e. The van der Waals surface area contributed by atoms with Crippen LogP contribution < -0.4 is 10.6 Å². The molecule has 0 fully saturated rings. The zero-order chi connectivity index (χ0) is 16.2. The van der Waals surface area contributed by atoms with Gasteiger partial charge < -0.3 is 10.6 Å². The van der Waals surface area contributed by atoms with Gasteiger partial charge in [-0.25, -0.2) is 9.97 Å². The number of nitrogens with one attached hydrogen (secondary N) is 2. The van der Waals surface area contributed by atoms with Crippen LogP contribution in [0.4, 0.5) is 11.5 Å². The third kappa shape index (κ3) is 4.28. The number of anilines is 2. The highest BCUT2D eigenvalue weighted by atomic mass is 16.1. The maximum absolute atomic E-state index is 12.1. The van der Waals surface area contributed by atoms with Crippen molar-refractivity contribution in [2.24, 2.45) is 0 Å². The zero-order valence-electron chi connectivity index (χ0n) is 12.7. The summed E-state index contributed by atoms with van der Waals surface area (Å²) in [5, 5.41) is 14.6. The number of carbonyl (C=O) groups excluding carboxylic acids is 1. The number of aromatic nitrogens is 2. The highest BCUT2D eigenvalue weighted by molar-refractivity contribution is 6.02. The van der Waals surface area contributed by atoms with E-state index in [1.54, 1.807) is 24.3 Å². The summed E-state index contributed by atoms with van der Waals surface area (Å²) in [5.41, 5.74) is 1.24. The molecule has 0 aliphatic heterocycles. The van der Waals surface area contributed by atoms with Gasteiger partial charge in [0, 0.05) is 11.2 Å². The van der Waals surface area contributed by atoms with Gasteiger partial charge in [-0.05, 0) is 45.0 Å². The van der Waals surface area contributed by atoms with E-state index in [9.17, 15) is 4.79 Å². The van der Waals surface area contributed by atoms with Crippen molar-refractivity contribution in [3.63, 3.8) is 0 Å². The van der Waals surface area contributed by atoms with E-state index in [1.165, 1.54) is 12.4 Å². The Hall–Kier alpha value is -2.94. The van der Waals surface area contributed by atoms with Crippen LogP contribution in [0.15, 0.2) is 36.7 Å². The van der Waals surface area contributed by atoms with Gasteiger partial charge in [-0.2, -0.15) is 5.26 Å². The molecule has 0 unspecified atom stereocenters. The lowest BCUT2D eigenvalue weighted by molar-refractivity contribution is 0.102. The van der Waals surface area contributed by atoms with Gasteiger partial charge in [0.15, 0.2) is 0 Å². The molecule has 2 N–H and O–H groups in total. The zero-order valence-corrected chi connectivity index (χ0v) is 12.7. The molecule has 0 spiro atoms. The van der Waals surface area contributed by atoms with Gasteiger partial charge in [0.1, 0.15) is 11.5 Å². The molecule has 6 nitrogen and oxygen atoms in total. The van der Waals surface area contributed by atoms with Gasteiger partial charge in [0.05, 0.1) is 24.0 Å². The third-order valence-electron chi connectivity index (χ3n) is 2.66. The minimum atomic E-state index is -0.348. The van der Waals surface area contributed by atoms with E-state index in [0.717, 1.165) is 0 Å². The highest BCUT2D eigenvalue weighted by Crippen LogP contribution is 2.12. The van der Waals surface area contributed by atoms with Crippen molar-refractivity contribution in [3.05, 3.63) is 47.9 Å². The number of hydrogen-bond acceptors (Lipinski definition) is 5. The average Bonchev–Trinajstić information content (AvgIpc) is 2.47. The number of rotatable bonds is 3. The highest BCUT2D eigenvalue weighted by Gasteiger charge is 2.12. The van der Waals surface area contributed by atoms with Gasteiger partial charge in [-0.15, -0.1) is 0 Å². The van der Waals surface area contributed by atoms with Crippen LogP contribution in [0.25, 0.3) is 0 Å². The Morgan fingerprint density at radius 3 is 2.32 bits per heavy atom. The largest absolute Gasteiger partial charge is 0.364 e. The van der Waals surface area contributed by atoms with Crippen molar-refractivity contribution in [1.29, 1.82) is 5.26 Å². The minimum Gasteiger partial charge on any atom is -0.364 e. The first-order chi connectivity index (χ1) is 10.4. The molecule has 6 heteroatoms. The summed E-state index contributed by atoms with van der Waals surface area (Å²) in [7, 11) is 0. The van der Waals surface area contributed by atoms with Crippen LogP contribution in [0.2, 0.25) is 0 Å². The van der Waals surface area contributed by atoms with Crippen LogP contribution in [0.1, 0.15) is 36.8 Å². The summed E-state index contributed by atoms with van der Waals surface area (Å²) >= 11 is 0. The van der Waals surface area contributed by atoms with Crippen molar-refractivity contribution >= 4 is 17.4 Å². The lowest BCUT2D eigenvalue weighted by Crippen LogP contribution is -2.27. The van der Waals surface area contributed by atoms with E-state index in [1.807, 2.05) is 26.8 Å². The van der Waals surface area contributed by atoms with Crippen molar-refractivity contribution in [2.45, 2.75) is 26.3 Å². The molecule has 0 radical (unpaired) electrons. The Balaban J connectivity index is 2.04. The molecular weight excluding hydrogens is 278 g/mol. The van der Waals surface area contributed by atoms with E-state index in [2.05, 4.69) is 20.6 Å². The second-order valence-corrected chi connectivity index (χ2v) is 5.81. The molecule has 1 aromatic heterocycles. The second kappa shape index (κ2) is 6.22. The normalized spacial score (nSPS) is 10.6. The molecular formula is C16H17N5O. The molecule has 0 bridgehead atoms. The molecule has 0 saturated heterocycles. The quantitative estimate of drug-likeness (QED) is 0.908. The molecule has 112 valence electrons. The molecule has 2 rings (SSSR count). The maximum Gasteiger partial charge on any atom is 0.275 e. The Kier molecular flexibility index (Phi) is 4.37.